The van der Waals surface area contributed by atoms with Crippen molar-refractivity contribution in [2.75, 3.05) is 11.1 Å². The number of amides is 1. The molecule has 20 heavy (non-hydrogen) atoms. The van der Waals surface area contributed by atoms with Crippen molar-refractivity contribution in [1.29, 1.82) is 5.26 Å². The second kappa shape index (κ2) is 7.73. The Labute approximate surface area is 126 Å². The molecule has 0 atom stereocenters. The number of carbonyl (C=O) groups excluding carboxylic acids is 1. The fourth-order valence-corrected chi connectivity index (χ4v) is 3.40. The van der Waals surface area contributed by atoms with Gasteiger partial charge in [0.1, 0.15) is 0 Å². The number of nitriles is 1. The number of nitrogens with one attached hydrogen (secondary N) is 1. The Kier molecular flexibility index (Phi) is 5.66. The molecule has 0 aliphatic carbocycles. The number of benzene rings is 1. The Bertz CT molecular complexity index is 585. The van der Waals surface area contributed by atoms with Gasteiger partial charge in [0.05, 0.1) is 15.8 Å². The van der Waals surface area contributed by atoms with Crippen LogP contribution in [0.25, 0.3) is 0 Å². The van der Waals surface area contributed by atoms with Crippen molar-refractivity contribution in [2.45, 2.75) is 17.1 Å². The summed E-state index contributed by atoms with van der Waals surface area (Å²) in [6, 6.07) is 13.1. The highest BCUT2D eigenvalue weighted by Gasteiger charge is 2.03. The third-order valence-corrected chi connectivity index (χ3v) is 4.80. The molecule has 102 valence electrons. The van der Waals surface area contributed by atoms with Gasteiger partial charge in [-0.2, -0.15) is 5.26 Å². The highest BCUT2D eigenvalue weighted by molar-refractivity contribution is 8.01. The summed E-state index contributed by atoms with van der Waals surface area (Å²) in [7, 11) is 0. The van der Waals surface area contributed by atoms with E-state index in [-0.39, 0.29) is 5.91 Å². The SMILES string of the molecule is N#Cc1ccc(NC(=O)CCCSc2cccs2)cc1. The smallest absolute Gasteiger partial charge is 0.224 e. The van der Waals surface area contributed by atoms with Crippen molar-refractivity contribution in [3.05, 3.63) is 47.3 Å². The minimum atomic E-state index is 0.0153. The summed E-state index contributed by atoms with van der Waals surface area (Å²) in [6.07, 6.45) is 1.36. The second-order valence-corrected chi connectivity index (χ2v) is 6.46. The standard InChI is InChI=1S/C15H14N2OS2/c16-11-12-5-7-13(8-6-12)17-14(18)3-1-9-19-15-4-2-10-20-15/h2,4-8,10H,1,3,9H2,(H,17,18). The first-order valence-corrected chi connectivity index (χ1v) is 8.11. The lowest BCUT2D eigenvalue weighted by Gasteiger charge is -2.04. The van der Waals surface area contributed by atoms with Gasteiger partial charge in [-0.1, -0.05) is 6.07 Å². The lowest BCUT2D eigenvalue weighted by atomic mass is 10.2. The van der Waals surface area contributed by atoms with E-state index in [2.05, 4.69) is 16.8 Å². The molecule has 1 heterocycles. The van der Waals surface area contributed by atoms with E-state index in [1.165, 1.54) is 4.21 Å². The molecule has 5 heteroatoms. The minimum Gasteiger partial charge on any atom is -0.326 e. The van der Waals surface area contributed by atoms with E-state index in [0.29, 0.717) is 12.0 Å². The summed E-state index contributed by atoms with van der Waals surface area (Å²) in [5.74, 6) is 0.961. The lowest BCUT2D eigenvalue weighted by Crippen LogP contribution is -2.11. The van der Waals surface area contributed by atoms with Gasteiger partial charge in [0.15, 0.2) is 0 Å². The summed E-state index contributed by atoms with van der Waals surface area (Å²) in [5.41, 5.74) is 1.33. The number of carbonyl (C=O) groups is 1. The number of thioether (sulfide) groups is 1. The van der Waals surface area contributed by atoms with Gasteiger partial charge in [-0.25, -0.2) is 0 Å². The second-order valence-electron chi connectivity index (χ2n) is 4.12. The van der Waals surface area contributed by atoms with Crippen LogP contribution in [0, 0.1) is 11.3 Å². The predicted molar refractivity (Wildman–Crippen MR) is 84.1 cm³/mol. The van der Waals surface area contributed by atoms with Crippen LogP contribution in [0.3, 0.4) is 0 Å². The monoisotopic (exact) mass is 302 g/mol. The van der Waals surface area contributed by atoms with Gasteiger partial charge >= 0.3 is 0 Å². The van der Waals surface area contributed by atoms with Gasteiger partial charge in [-0.3, -0.25) is 4.79 Å². The molecule has 2 aromatic rings. The molecule has 1 aromatic heterocycles. The first-order valence-electron chi connectivity index (χ1n) is 6.24. The molecule has 0 radical (unpaired) electrons. The van der Waals surface area contributed by atoms with E-state index in [4.69, 9.17) is 5.26 Å². The molecule has 0 aliphatic rings. The Balaban J connectivity index is 1.68. The molecular formula is C15H14N2OS2. The normalized spacial score (nSPS) is 9.95. The fourth-order valence-electron chi connectivity index (χ4n) is 1.60. The molecule has 0 saturated carbocycles. The molecule has 3 nitrogen and oxygen atoms in total. The first-order chi connectivity index (χ1) is 9.78. The molecule has 2 rings (SSSR count). The summed E-state index contributed by atoms with van der Waals surface area (Å²) < 4.78 is 1.29. The van der Waals surface area contributed by atoms with Gasteiger partial charge in [-0.05, 0) is 47.9 Å². The van der Waals surface area contributed by atoms with Gasteiger partial charge in [-0.15, -0.1) is 23.1 Å². The summed E-state index contributed by atoms with van der Waals surface area (Å²) in [4.78, 5) is 11.7. The maximum absolute atomic E-state index is 11.7. The van der Waals surface area contributed by atoms with Crippen LogP contribution >= 0.6 is 23.1 Å². The van der Waals surface area contributed by atoms with E-state index in [1.807, 2.05) is 12.1 Å². The van der Waals surface area contributed by atoms with Crippen molar-refractivity contribution < 1.29 is 4.79 Å². The van der Waals surface area contributed by atoms with Crippen molar-refractivity contribution >= 4 is 34.7 Å². The van der Waals surface area contributed by atoms with Crippen LogP contribution in [0.1, 0.15) is 18.4 Å². The first kappa shape index (κ1) is 14.6. The minimum absolute atomic E-state index is 0.0153. The zero-order valence-electron chi connectivity index (χ0n) is 10.8. The molecule has 1 N–H and O–H groups in total. The third kappa shape index (κ3) is 4.72. The zero-order chi connectivity index (χ0) is 14.2. The number of hydrogen-bond acceptors (Lipinski definition) is 4. The van der Waals surface area contributed by atoms with E-state index in [9.17, 15) is 4.79 Å². The maximum atomic E-state index is 11.7. The number of thiophene rings is 1. The molecular weight excluding hydrogens is 288 g/mol. The average Bonchev–Trinajstić information content (AvgIpc) is 2.98. The number of rotatable bonds is 6. The topological polar surface area (TPSA) is 52.9 Å². The van der Waals surface area contributed by atoms with E-state index in [1.54, 1.807) is 47.4 Å². The summed E-state index contributed by atoms with van der Waals surface area (Å²) in [6.45, 7) is 0. The molecule has 0 spiro atoms. The average molecular weight is 302 g/mol. The van der Waals surface area contributed by atoms with Crippen molar-refractivity contribution in [3.63, 3.8) is 0 Å². The molecule has 0 unspecified atom stereocenters. The Morgan fingerprint density at radius 2 is 2.10 bits per heavy atom. The number of nitrogens with zero attached hydrogens (tertiary/aromatic N) is 1. The van der Waals surface area contributed by atoms with Gasteiger partial charge in [0.2, 0.25) is 5.91 Å². The van der Waals surface area contributed by atoms with Crippen LogP contribution in [0.2, 0.25) is 0 Å². The van der Waals surface area contributed by atoms with Crippen LogP contribution in [0.5, 0.6) is 0 Å². The van der Waals surface area contributed by atoms with E-state index >= 15 is 0 Å². The predicted octanol–water partition coefficient (Wildman–Crippen LogP) is 4.13. The summed E-state index contributed by atoms with van der Waals surface area (Å²) >= 11 is 3.51. The number of hydrogen-bond donors (Lipinski definition) is 1. The summed E-state index contributed by atoms with van der Waals surface area (Å²) in [5, 5.41) is 13.6. The van der Waals surface area contributed by atoms with Crippen molar-refractivity contribution in [2.24, 2.45) is 0 Å². The molecule has 0 bridgehead atoms. The van der Waals surface area contributed by atoms with Crippen molar-refractivity contribution in [3.8, 4) is 6.07 Å². The Morgan fingerprint density at radius 1 is 1.30 bits per heavy atom. The Hall–Kier alpha value is -1.77. The third-order valence-electron chi connectivity index (χ3n) is 2.59. The molecule has 1 aromatic carbocycles. The van der Waals surface area contributed by atoms with Crippen LogP contribution in [-0.2, 0) is 4.79 Å². The van der Waals surface area contributed by atoms with Crippen LogP contribution in [0.15, 0.2) is 46.0 Å². The van der Waals surface area contributed by atoms with Gasteiger partial charge in [0, 0.05) is 12.1 Å². The highest BCUT2D eigenvalue weighted by Crippen LogP contribution is 2.24. The van der Waals surface area contributed by atoms with E-state index < -0.39 is 0 Å². The Morgan fingerprint density at radius 3 is 2.75 bits per heavy atom. The van der Waals surface area contributed by atoms with Crippen LogP contribution < -0.4 is 5.32 Å². The van der Waals surface area contributed by atoms with Crippen LogP contribution in [-0.4, -0.2) is 11.7 Å². The lowest BCUT2D eigenvalue weighted by molar-refractivity contribution is -0.116. The molecule has 0 fully saturated rings. The fraction of sp³-hybridized carbons (Fsp3) is 0.200. The van der Waals surface area contributed by atoms with Crippen molar-refractivity contribution in [1.82, 2.24) is 0 Å². The number of anilines is 1. The van der Waals surface area contributed by atoms with Crippen LogP contribution in [0.4, 0.5) is 5.69 Å². The van der Waals surface area contributed by atoms with Gasteiger partial charge < -0.3 is 5.32 Å². The quantitative estimate of drug-likeness (QED) is 0.645. The molecule has 1 amide bonds. The van der Waals surface area contributed by atoms with Gasteiger partial charge in [0.25, 0.3) is 0 Å². The largest absolute Gasteiger partial charge is 0.326 e. The zero-order valence-corrected chi connectivity index (χ0v) is 12.5. The molecule has 0 aliphatic heterocycles. The molecule has 0 saturated heterocycles. The maximum Gasteiger partial charge on any atom is 0.224 e. The highest BCUT2D eigenvalue weighted by atomic mass is 32.2. The van der Waals surface area contributed by atoms with E-state index in [0.717, 1.165) is 17.9 Å².